The minimum atomic E-state index is -2.11. The van der Waals surface area contributed by atoms with Crippen molar-refractivity contribution in [1.82, 2.24) is 4.90 Å². The van der Waals surface area contributed by atoms with E-state index in [1.165, 1.54) is 18.2 Å². The number of aliphatic hydroxyl groups is 1. The van der Waals surface area contributed by atoms with E-state index in [1.54, 1.807) is 49.3 Å². The van der Waals surface area contributed by atoms with E-state index >= 15 is 0 Å². The average molecular weight is 548 g/mol. The van der Waals surface area contributed by atoms with Gasteiger partial charge in [0.2, 0.25) is 5.91 Å². The van der Waals surface area contributed by atoms with Gasteiger partial charge in [-0.25, -0.2) is 0 Å². The summed E-state index contributed by atoms with van der Waals surface area (Å²) in [5, 5.41) is 33.5. The number of Topliss-reactive ketones (excluding diaryl/α,β-unsaturated/α-hetero) is 3. The first-order chi connectivity index (χ1) is 18.8. The lowest BCUT2D eigenvalue weighted by Crippen LogP contribution is -2.69. The molecule has 0 saturated heterocycles. The van der Waals surface area contributed by atoms with Gasteiger partial charge in [-0.2, -0.15) is 0 Å². The van der Waals surface area contributed by atoms with Crippen LogP contribution in [0.1, 0.15) is 39.9 Å². The maximum absolute atomic E-state index is 13.9. The molecule has 4 N–H and O–H groups in total. The van der Waals surface area contributed by atoms with Crippen molar-refractivity contribution in [1.29, 1.82) is 0 Å². The van der Waals surface area contributed by atoms with E-state index in [0.29, 0.717) is 16.7 Å². The lowest BCUT2D eigenvalue weighted by Gasteiger charge is -2.53. The summed E-state index contributed by atoms with van der Waals surface area (Å²) in [6.45, 7) is 0. The van der Waals surface area contributed by atoms with E-state index in [2.05, 4.69) is 0 Å². The number of primary amides is 1. The van der Waals surface area contributed by atoms with E-state index < -0.39 is 69.9 Å². The highest BCUT2D eigenvalue weighted by Gasteiger charge is 2.64. The standard InChI is InChI=1S/C29H29N3O8/c1-31(2)24-20-12-16-11-18-15(7-6-14-4-3-5-17(10-14)32(39)40)8-9-21(33)23(18)26(35)22(16)27(36)29(20,38)13-19(25(24)34)28(30)37/h3-10,16,19-20,22,24,33,38H,11-13H2,1-2H3,(H2,30,37)/b7-6+. The number of hydrogen-bond donors (Lipinski definition) is 3. The van der Waals surface area contributed by atoms with Crippen molar-refractivity contribution >= 4 is 41.1 Å². The van der Waals surface area contributed by atoms with Crippen molar-refractivity contribution in [2.24, 2.45) is 29.4 Å². The summed E-state index contributed by atoms with van der Waals surface area (Å²) in [6, 6.07) is 8.06. The molecule has 40 heavy (non-hydrogen) atoms. The highest BCUT2D eigenvalue weighted by atomic mass is 16.6. The molecule has 5 rings (SSSR count). The van der Waals surface area contributed by atoms with Gasteiger partial charge >= 0.3 is 0 Å². The Kier molecular flexibility index (Phi) is 6.67. The topological polar surface area (TPSA) is 181 Å². The number of nitro groups is 1. The monoisotopic (exact) mass is 547 g/mol. The number of carbonyl (C=O) groups excluding carboxylic acids is 4. The molecular formula is C29H29N3O8. The first-order valence-corrected chi connectivity index (χ1v) is 12.9. The van der Waals surface area contributed by atoms with E-state index in [-0.39, 0.29) is 29.8 Å². The first-order valence-electron chi connectivity index (χ1n) is 12.9. The molecule has 6 unspecified atom stereocenters. The van der Waals surface area contributed by atoms with Gasteiger partial charge in [0.15, 0.2) is 17.3 Å². The molecule has 208 valence electrons. The molecule has 0 spiro atoms. The number of non-ortho nitro benzene ring substituents is 1. The molecule has 2 fully saturated rings. The van der Waals surface area contributed by atoms with Crippen LogP contribution in [0, 0.1) is 33.8 Å². The number of likely N-dealkylation sites (N-methyl/N-ethyl adjacent to an activating group) is 1. The quantitative estimate of drug-likeness (QED) is 0.217. The van der Waals surface area contributed by atoms with Gasteiger partial charge in [-0.15, -0.1) is 0 Å². The van der Waals surface area contributed by atoms with Crippen molar-refractivity contribution in [3.63, 3.8) is 0 Å². The molecule has 11 heteroatoms. The highest BCUT2D eigenvalue weighted by molar-refractivity contribution is 6.17. The van der Waals surface area contributed by atoms with Crippen LogP contribution in [0.4, 0.5) is 5.69 Å². The number of carbonyl (C=O) groups is 4. The fourth-order valence-electron chi connectivity index (χ4n) is 6.82. The van der Waals surface area contributed by atoms with E-state index in [4.69, 9.17) is 5.73 Å². The summed E-state index contributed by atoms with van der Waals surface area (Å²) < 4.78 is 0. The number of amides is 1. The Balaban J connectivity index is 1.55. The summed E-state index contributed by atoms with van der Waals surface area (Å²) in [5.41, 5.74) is 4.94. The molecule has 2 aromatic carbocycles. The average Bonchev–Trinajstić information content (AvgIpc) is 2.89. The van der Waals surface area contributed by atoms with Crippen LogP contribution in [0.15, 0.2) is 36.4 Å². The molecule has 2 saturated carbocycles. The van der Waals surface area contributed by atoms with Crippen LogP contribution in [0.25, 0.3) is 12.2 Å². The number of phenols is 1. The number of ketones is 3. The fourth-order valence-corrected chi connectivity index (χ4v) is 6.82. The predicted molar refractivity (Wildman–Crippen MR) is 143 cm³/mol. The summed E-state index contributed by atoms with van der Waals surface area (Å²) in [5.74, 6) is -7.09. The van der Waals surface area contributed by atoms with Crippen LogP contribution in [-0.4, -0.2) is 69.0 Å². The van der Waals surface area contributed by atoms with E-state index in [0.717, 1.165) is 0 Å². The van der Waals surface area contributed by atoms with Gasteiger partial charge in [0.05, 0.1) is 22.4 Å². The number of nitro benzene ring substituents is 1. The molecule has 0 aromatic heterocycles. The highest BCUT2D eigenvalue weighted by Crippen LogP contribution is 2.52. The zero-order valence-corrected chi connectivity index (χ0v) is 21.9. The minimum absolute atomic E-state index is 0.0136. The van der Waals surface area contributed by atoms with Crippen LogP contribution in [0.5, 0.6) is 5.75 Å². The number of nitrogens with zero attached hydrogens (tertiary/aromatic N) is 2. The molecule has 0 heterocycles. The Bertz CT molecular complexity index is 1500. The number of rotatable bonds is 5. The van der Waals surface area contributed by atoms with Gasteiger partial charge in [0.1, 0.15) is 17.3 Å². The van der Waals surface area contributed by atoms with Crippen LogP contribution in [-0.2, 0) is 20.8 Å². The van der Waals surface area contributed by atoms with Gasteiger partial charge in [0.25, 0.3) is 5.69 Å². The van der Waals surface area contributed by atoms with E-state index in [1.807, 2.05) is 0 Å². The molecule has 1 amide bonds. The number of nitrogens with two attached hydrogens (primary N) is 1. The normalized spacial score (nSPS) is 29.7. The minimum Gasteiger partial charge on any atom is -0.507 e. The summed E-state index contributed by atoms with van der Waals surface area (Å²) in [4.78, 5) is 65.1. The molecule has 3 aliphatic rings. The third-order valence-corrected chi connectivity index (χ3v) is 8.64. The first kappa shape index (κ1) is 27.4. The molecular weight excluding hydrogens is 518 g/mol. The fraction of sp³-hybridized carbons (Fsp3) is 0.379. The smallest absolute Gasteiger partial charge is 0.270 e. The van der Waals surface area contributed by atoms with Gasteiger partial charge in [-0.05, 0) is 55.6 Å². The van der Waals surface area contributed by atoms with Crippen LogP contribution < -0.4 is 5.73 Å². The molecule has 0 radical (unpaired) electrons. The number of aromatic hydroxyl groups is 1. The van der Waals surface area contributed by atoms with Crippen molar-refractivity contribution in [3.8, 4) is 5.75 Å². The maximum atomic E-state index is 13.9. The Labute approximate surface area is 229 Å². The maximum Gasteiger partial charge on any atom is 0.270 e. The predicted octanol–water partition coefficient (Wildman–Crippen LogP) is 1.77. The lowest BCUT2D eigenvalue weighted by atomic mass is 9.52. The summed E-state index contributed by atoms with van der Waals surface area (Å²) >= 11 is 0. The number of benzene rings is 2. The van der Waals surface area contributed by atoms with Crippen molar-refractivity contribution in [2.75, 3.05) is 14.1 Å². The molecule has 2 aromatic rings. The lowest BCUT2D eigenvalue weighted by molar-refractivity contribution is -0.384. The third kappa shape index (κ3) is 4.22. The van der Waals surface area contributed by atoms with Crippen LogP contribution >= 0.6 is 0 Å². The number of hydrogen-bond acceptors (Lipinski definition) is 9. The van der Waals surface area contributed by atoms with E-state index in [9.17, 15) is 39.5 Å². The zero-order valence-electron chi connectivity index (χ0n) is 21.9. The van der Waals surface area contributed by atoms with Gasteiger partial charge < -0.3 is 15.9 Å². The zero-order chi connectivity index (χ0) is 29.1. The Morgan fingerprint density at radius 2 is 1.90 bits per heavy atom. The second kappa shape index (κ2) is 9.76. The largest absolute Gasteiger partial charge is 0.507 e. The second-order valence-electron chi connectivity index (χ2n) is 11.1. The molecule has 6 atom stereocenters. The summed E-state index contributed by atoms with van der Waals surface area (Å²) in [6.07, 6.45) is 3.27. The Morgan fingerprint density at radius 3 is 2.55 bits per heavy atom. The van der Waals surface area contributed by atoms with Crippen LogP contribution in [0.3, 0.4) is 0 Å². The van der Waals surface area contributed by atoms with Crippen LogP contribution in [0.2, 0.25) is 0 Å². The molecule has 0 aliphatic heterocycles. The number of fused-ring (bicyclic) bond motifs is 3. The Morgan fingerprint density at radius 1 is 1.18 bits per heavy atom. The molecule has 0 bridgehead atoms. The molecule has 3 aliphatic carbocycles. The van der Waals surface area contributed by atoms with Gasteiger partial charge in [-0.3, -0.25) is 34.2 Å². The second-order valence-corrected chi connectivity index (χ2v) is 11.1. The van der Waals surface area contributed by atoms with Gasteiger partial charge in [0, 0.05) is 24.5 Å². The Hall–Kier alpha value is -4.22. The van der Waals surface area contributed by atoms with Crippen molar-refractivity contribution < 1.29 is 34.3 Å². The SMILES string of the molecule is CN(C)C1C(=O)C(C(N)=O)CC2(O)C(=O)C3C(=O)c4c(O)ccc(/C=C/c5cccc([N+](=O)[O-])c5)c4CC3CC12. The summed E-state index contributed by atoms with van der Waals surface area (Å²) in [7, 11) is 3.25. The number of phenolic OH excluding ortho intramolecular Hbond substituents is 1. The van der Waals surface area contributed by atoms with Crippen molar-refractivity contribution in [3.05, 3.63) is 68.8 Å². The van der Waals surface area contributed by atoms with Gasteiger partial charge in [-0.1, -0.05) is 30.4 Å². The third-order valence-electron chi connectivity index (χ3n) is 8.64. The van der Waals surface area contributed by atoms with Crippen molar-refractivity contribution in [2.45, 2.75) is 30.9 Å². The molecule has 11 nitrogen and oxygen atoms in total.